The zero-order chi connectivity index (χ0) is 14.6. The van der Waals surface area contributed by atoms with Crippen LogP contribution < -0.4 is 10.1 Å². The van der Waals surface area contributed by atoms with E-state index in [0.29, 0.717) is 0 Å². The van der Waals surface area contributed by atoms with E-state index in [-0.39, 0.29) is 5.41 Å². The van der Waals surface area contributed by atoms with E-state index in [2.05, 4.69) is 44.3 Å². The van der Waals surface area contributed by atoms with Gasteiger partial charge in [-0.25, -0.2) is 0 Å². The van der Waals surface area contributed by atoms with E-state index >= 15 is 0 Å². The van der Waals surface area contributed by atoms with Crippen LogP contribution in [0.4, 0.5) is 0 Å². The van der Waals surface area contributed by atoms with E-state index < -0.39 is 0 Å². The lowest BCUT2D eigenvalue weighted by atomic mass is 9.72. The van der Waals surface area contributed by atoms with E-state index in [1.54, 1.807) is 7.11 Å². The normalized spacial score (nSPS) is 25.9. The lowest BCUT2D eigenvalue weighted by molar-refractivity contribution is 0.316. The standard InChI is InChI=1S/C18H29NO/c1-5-11-19-13-18(10-6-7-15(18)3)16-9-8-14(2)17(12-16)20-4/h8-9,12,15,19H,5-7,10-11,13H2,1-4H3. The molecule has 2 nitrogen and oxygen atoms in total. The summed E-state index contributed by atoms with van der Waals surface area (Å²) in [7, 11) is 1.77. The van der Waals surface area contributed by atoms with Crippen LogP contribution >= 0.6 is 0 Å². The molecule has 1 N–H and O–H groups in total. The molecule has 1 aromatic rings. The van der Waals surface area contributed by atoms with Crippen LogP contribution in [-0.2, 0) is 5.41 Å². The molecular formula is C18H29NO. The van der Waals surface area contributed by atoms with E-state index in [1.807, 2.05) is 0 Å². The fourth-order valence-electron chi connectivity index (χ4n) is 3.66. The molecule has 2 unspecified atom stereocenters. The number of aryl methyl sites for hydroxylation is 1. The molecule has 0 aromatic heterocycles. The van der Waals surface area contributed by atoms with Gasteiger partial charge in [-0.15, -0.1) is 0 Å². The molecule has 112 valence electrons. The molecule has 0 spiro atoms. The van der Waals surface area contributed by atoms with Gasteiger partial charge in [0.1, 0.15) is 5.75 Å². The lowest BCUT2D eigenvalue weighted by Crippen LogP contribution is -2.40. The van der Waals surface area contributed by atoms with Gasteiger partial charge in [0.2, 0.25) is 0 Å². The number of ether oxygens (including phenoxy) is 1. The smallest absolute Gasteiger partial charge is 0.122 e. The molecule has 0 saturated heterocycles. The predicted molar refractivity (Wildman–Crippen MR) is 85.6 cm³/mol. The second kappa shape index (κ2) is 6.62. The summed E-state index contributed by atoms with van der Waals surface area (Å²) in [5.74, 6) is 1.76. The molecule has 2 atom stereocenters. The zero-order valence-electron chi connectivity index (χ0n) is 13.5. The molecule has 0 bridgehead atoms. The zero-order valence-corrected chi connectivity index (χ0v) is 13.5. The van der Waals surface area contributed by atoms with E-state index in [1.165, 1.54) is 36.8 Å². The molecular weight excluding hydrogens is 246 g/mol. The predicted octanol–water partition coefficient (Wildman–Crippen LogP) is 4.06. The van der Waals surface area contributed by atoms with Crippen LogP contribution in [0.3, 0.4) is 0 Å². The molecule has 0 amide bonds. The third-order valence-corrected chi connectivity index (χ3v) is 5.05. The van der Waals surface area contributed by atoms with Gasteiger partial charge in [0.05, 0.1) is 7.11 Å². The summed E-state index contributed by atoms with van der Waals surface area (Å²) in [5, 5.41) is 3.66. The monoisotopic (exact) mass is 275 g/mol. The van der Waals surface area contributed by atoms with Gasteiger partial charge in [-0.05, 0) is 55.8 Å². The fourth-order valence-corrected chi connectivity index (χ4v) is 3.66. The van der Waals surface area contributed by atoms with Gasteiger partial charge in [-0.1, -0.05) is 32.4 Å². The van der Waals surface area contributed by atoms with Crippen molar-refractivity contribution in [2.75, 3.05) is 20.2 Å². The third kappa shape index (κ3) is 2.85. The molecule has 1 fully saturated rings. The molecule has 20 heavy (non-hydrogen) atoms. The van der Waals surface area contributed by atoms with Crippen molar-refractivity contribution in [3.8, 4) is 5.75 Å². The summed E-state index contributed by atoms with van der Waals surface area (Å²) in [4.78, 5) is 0. The summed E-state index contributed by atoms with van der Waals surface area (Å²) in [5.41, 5.74) is 2.96. The fraction of sp³-hybridized carbons (Fsp3) is 0.667. The molecule has 0 radical (unpaired) electrons. The van der Waals surface area contributed by atoms with Crippen LogP contribution in [-0.4, -0.2) is 20.2 Å². The van der Waals surface area contributed by atoms with Crippen LogP contribution in [0.1, 0.15) is 50.7 Å². The minimum absolute atomic E-state index is 0.288. The molecule has 1 aromatic carbocycles. The maximum absolute atomic E-state index is 5.53. The van der Waals surface area contributed by atoms with E-state index in [4.69, 9.17) is 4.74 Å². The Hall–Kier alpha value is -1.02. The van der Waals surface area contributed by atoms with Crippen molar-refractivity contribution in [3.63, 3.8) is 0 Å². The quantitative estimate of drug-likeness (QED) is 0.790. The third-order valence-electron chi connectivity index (χ3n) is 5.05. The molecule has 0 aliphatic heterocycles. The van der Waals surface area contributed by atoms with Crippen molar-refractivity contribution >= 4 is 0 Å². The SMILES string of the molecule is CCCNCC1(c2ccc(C)c(OC)c2)CCCC1C. The Kier molecular flexibility index (Phi) is 5.09. The average Bonchev–Trinajstić information content (AvgIpc) is 2.82. The maximum Gasteiger partial charge on any atom is 0.122 e. The molecule has 1 aliphatic rings. The second-order valence-corrected chi connectivity index (χ2v) is 6.31. The second-order valence-electron chi connectivity index (χ2n) is 6.31. The Balaban J connectivity index is 2.31. The summed E-state index contributed by atoms with van der Waals surface area (Å²) in [6.45, 7) is 8.95. The van der Waals surface area contributed by atoms with Crippen LogP contribution in [0, 0.1) is 12.8 Å². The Morgan fingerprint density at radius 2 is 2.20 bits per heavy atom. The topological polar surface area (TPSA) is 21.3 Å². The van der Waals surface area contributed by atoms with Gasteiger partial charge >= 0.3 is 0 Å². The Labute approximate surface area is 123 Å². The Morgan fingerprint density at radius 1 is 1.40 bits per heavy atom. The maximum atomic E-state index is 5.53. The Morgan fingerprint density at radius 3 is 2.80 bits per heavy atom. The summed E-state index contributed by atoms with van der Waals surface area (Å²) in [6, 6.07) is 6.79. The number of benzene rings is 1. The van der Waals surface area contributed by atoms with Gasteiger partial charge in [0, 0.05) is 12.0 Å². The number of hydrogen-bond acceptors (Lipinski definition) is 2. The summed E-state index contributed by atoms with van der Waals surface area (Å²) >= 11 is 0. The van der Waals surface area contributed by atoms with Crippen LogP contribution in [0.25, 0.3) is 0 Å². The summed E-state index contributed by atoms with van der Waals surface area (Å²) in [6.07, 6.45) is 5.16. The van der Waals surface area contributed by atoms with E-state index in [9.17, 15) is 0 Å². The molecule has 1 aliphatic carbocycles. The first kappa shape index (κ1) is 15.4. The molecule has 1 saturated carbocycles. The van der Waals surface area contributed by atoms with Gasteiger partial charge in [0.15, 0.2) is 0 Å². The van der Waals surface area contributed by atoms with Crippen LogP contribution in [0.2, 0.25) is 0 Å². The van der Waals surface area contributed by atoms with Crippen molar-refractivity contribution in [1.29, 1.82) is 0 Å². The number of nitrogens with one attached hydrogen (secondary N) is 1. The highest BCUT2D eigenvalue weighted by Crippen LogP contribution is 2.46. The highest BCUT2D eigenvalue weighted by molar-refractivity contribution is 5.41. The van der Waals surface area contributed by atoms with Crippen molar-refractivity contribution in [2.45, 2.75) is 51.9 Å². The van der Waals surface area contributed by atoms with Crippen molar-refractivity contribution in [2.24, 2.45) is 5.92 Å². The number of rotatable bonds is 6. The van der Waals surface area contributed by atoms with Gasteiger partial charge in [-0.3, -0.25) is 0 Å². The minimum atomic E-state index is 0.288. The van der Waals surface area contributed by atoms with Crippen molar-refractivity contribution in [1.82, 2.24) is 5.32 Å². The Bertz CT molecular complexity index is 443. The van der Waals surface area contributed by atoms with Gasteiger partial charge in [-0.2, -0.15) is 0 Å². The lowest BCUT2D eigenvalue weighted by Gasteiger charge is -2.35. The molecule has 0 heterocycles. The number of methoxy groups -OCH3 is 1. The van der Waals surface area contributed by atoms with Crippen LogP contribution in [0.5, 0.6) is 5.75 Å². The first-order valence-corrected chi connectivity index (χ1v) is 8.00. The first-order chi connectivity index (χ1) is 9.64. The van der Waals surface area contributed by atoms with Gasteiger partial charge in [0.25, 0.3) is 0 Å². The largest absolute Gasteiger partial charge is 0.496 e. The van der Waals surface area contributed by atoms with Crippen LogP contribution in [0.15, 0.2) is 18.2 Å². The van der Waals surface area contributed by atoms with Gasteiger partial charge < -0.3 is 10.1 Å². The van der Waals surface area contributed by atoms with Crippen molar-refractivity contribution < 1.29 is 4.74 Å². The molecule has 2 heteroatoms. The summed E-state index contributed by atoms with van der Waals surface area (Å²) < 4.78 is 5.53. The number of hydrogen-bond donors (Lipinski definition) is 1. The van der Waals surface area contributed by atoms with E-state index in [0.717, 1.165) is 24.8 Å². The first-order valence-electron chi connectivity index (χ1n) is 8.00. The average molecular weight is 275 g/mol. The highest BCUT2D eigenvalue weighted by atomic mass is 16.5. The van der Waals surface area contributed by atoms with Crippen molar-refractivity contribution in [3.05, 3.63) is 29.3 Å². The highest BCUT2D eigenvalue weighted by Gasteiger charge is 2.41. The minimum Gasteiger partial charge on any atom is -0.496 e. The molecule has 2 rings (SSSR count).